The lowest BCUT2D eigenvalue weighted by Gasteiger charge is -2.24. The lowest BCUT2D eigenvalue weighted by atomic mass is 10.2. The first-order valence-electron chi connectivity index (χ1n) is 5.08. The third-order valence-corrected chi connectivity index (χ3v) is 3.19. The zero-order valence-corrected chi connectivity index (χ0v) is 11.3. The van der Waals surface area contributed by atoms with Gasteiger partial charge < -0.3 is 9.64 Å². The SMILES string of the molecule is COCC(C)N(C)C(=O)c1ccccc1Br. The van der Waals surface area contributed by atoms with Gasteiger partial charge in [0.05, 0.1) is 18.2 Å². The predicted molar refractivity (Wildman–Crippen MR) is 67.6 cm³/mol. The highest BCUT2D eigenvalue weighted by atomic mass is 79.9. The number of nitrogens with zero attached hydrogens (tertiary/aromatic N) is 1. The highest BCUT2D eigenvalue weighted by Gasteiger charge is 2.18. The quantitative estimate of drug-likeness (QED) is 0.851. The smallest absolute Gasteiger partial charge is 0.255 e. The van der Waals surface area contributed by atoms with E-state index in [1.807, 2.05) is 31.2 Å². The van der Waals surface area contributed by atoms with Gasteiger partial charge in [-0.1, -0.05) is 12.1 Å². The molecular weight excluding hydrogens is 270 g/mol. The van der Waals surface area contributed by atoms with Gasteiger partial charge >= 0.3 is 0 Å². The van der Waals surface area contributed by atoms with Crippen LogP contribution in [0, 0.1) is 0 Å². The van der Waals surface area contributed by atoms with Crippen LogP contribution in [0.25, 0.3) is 0 Å². The number of halogens is 1. The second-order valence-electron chi connectivity index (χ2n) is 3.70. The summed E-state index contributed by atoms with van der Waals surface area (Å²) in [6.45, 7) is 2.49. The molecule has 88 valence electrons. The molecule has 0 saturated heterocycles. The number of rotatable bonds is 4. The Bertz CT molecular complexity index is 368. The van der Waals surface area contributed by atoms with Gasteiger partial charge in [-0.2, -0.15) is 0 Å². The second-order valence-corrected chi connectivity index (χ2v) is 4.55. The molecule has 1 aromatic carbocycles. The van der Waals surface area contributed by atoms with Crippen LogP contribution < -0.4 is 0 Å². The van der Waals surface area contributed by atoms with Crippen LogP contribution in [0.4, 0.5) is 0 Å². The van der Waals surface area contributed by atoms with Crippen LogP contribution in [0.5, 0.6) is 0 Å². The van der Waals surface area contributed by atoms with E-state index in [-0.39, 0.29) is 11.9 Å². The van der Waals surface area contributed by atoms with E-state index in [9.17, 15) is 4.79 Å². The van der Waals surface area contributed by atoms with Crippen molar-refractivity contribution in [2.24, 2.45) is 0 Å². The van der Waals surface area contributed by atoms with Crippen LogP contribution in [0.15, 0.2) is 28.7 Å². The molecular formula is C12H16BrNO2. The fourth-order valence-corrected chi connectivity index (χ4v) is 1.83. The Morgan fingerprint density at radius 2 is 2.12 bits per heavy atom. The first-order chi connectivity index (χ1) is 7.57. The van der Waals surface area contributed by atoms with Crippen molar-refractivity contribution in [3.63, 3.8) is 0 Å². The molecule has 0 fully saturated rings. The third kappa shape index (κ3) is 3.06. The van der Waals surface area contributed by atoms with Crippen LogP contribution in [-0.2, 0) is 4.74 Å². The molecule has 1 amide bonds. The maximum Gasteiger partial charge on any atom is 0.255 e. The first kappa shape index (κ1) is 13.2. The highest BCUT2D eigenvalue weighted by molar-refractivity contribution is 9.10. The molecule has 4 heteroatoms. The fraction of sp³-hybridized carbons (Fsp3) is 0.417. The van der Waals surface area contributed by atoms with Crippen LogP contribution in [0.3, 0.4) is 0 Å². The van der Waals surface area contributed by atoms with Crippen molar-refractivity contribution in [2.75, 3.05) is 20.8 Å². The molecule has 0 spiro atoms. The number of hydrogen-bond acceptors (Lipinski definition) is 2. The molecule has 1 rings (SSSR count). The normalized spacial score (nSPS) is 12.2. The zero-order valence-electron chi connectivity index (χ0n) is 9.74. The molecule has 1 atom stereocenters. The van der Waals surface area contributed by atoms with Crippen LogP contribution in [0.1, 0.15) is 17.3 Å². The molecule has 0 aliphatic rings. The zero-order chi connectivity index (χ0) is 12.1. The maximum absolute atomic E-state index is 12.1. The van der Waals surface area contributed by atoms with Crippen molar-refractivity contribution < 1.29 is 9.53 Å². The maximum atomic E-state index is 12.1. The fourth-order valence-electron chi connectivity index (χ4n) is 1.38. The Labute approximate surface area is 105 Å². The number of benzene rings is 1. The molecule has 0 N–H and O–H groups in total. The predicted octanol–water partition coefficient (Wildman–Crippen LogP) is 2.56. The number of likely N-dealkylation sites (N-methyl/N-ethyl adjacent to an activating group) is 1. The summed E-state index contributed by atoms with van der Waals surface area (Å²) in [4.78, 5) is 13.8. The van der Waals surface area contributed by atoms with Gasteiger partial charge in [0.2, 0.25) is 0 Å². The van der Waals surface area contributed by atoms with Gasteiger partial charge in [0.15, 0.2) is 0 Å². The number of ether oxygens (including phenoxy) is 1. The Balaban J connectivity index is 2.82. The van der Waals surface area contributed by atoms with Crippen molar-refractivity contribution in [2.45, 2.75) is 13.0 Å². The van der Waals surface area contributed by atoms with E-state index in [4.69, 9.17) is 4.74 Å². The summed E-state index contributed by atoms with van der Waals surface area (Å²) in [7, 11) is 3.42. The summed E-state index contributed by atoms with van der Waals surface area (Å²) in [6, 6.07) is 7.47. The van der Waals surface area contributed by atoms with Gasteiger partial charge in [0, 0.05) is 18.6 Å². The highest BCUT2D eigenvalue weighted by Crippen LogP contribution is 2.18. The minimum atomic E-state index is -0.00275. The van der Waals surface area contributed by atoms with Crippen molar-refractivity contribution in [1.82, 2.24) is 4.90 Å². The van der Waals surface area contributed by atoms with E-state index < -0.39 is 0 Å². The van der Waals surface area contributed by atoms with Gasteiger partial charge in [-0.05, 0) is 35.0 Å². The van der Waals surface area contributed by atoms with Gasteiger partial charge in [0.1, 0.15) is 0 Å². The van der Waals surface area contributed by atoms with Crippen molar-refractivity contribution >= 4 is 21.8 Å². The Hall–Kier alpha value is -0.870. The molecule has 3 nitrogen and oxygen atoms in total. The van der Waals surface area contributed by atoms with Crippen LogP contribution >= 0.6 is 15.9 Å². The number of carbonyl (C=O) groups is 1. The molecule has 16 heavy (non-hydrogen) atoms. The van der Waals surface area contributed by atoms with Crippen molar-refractivity contribution in [3.8, 4) is 0 Å². The summed E-state index contributed by atoms with van der Waals surface area (Å²) in [5.41, 5.74) is 0.674. The molecule has 0 bridgehead atoms. The standard InChI is InChI=1S/C12H16BrNO2/c1-9(8-16-3)14(2)12(15)10-6-4-5-7-11(10)13/h4-7,9H,8H2,1-3H3. The van der Waals surface area contributed by atoms with Gasteiger partial charge in [-0.15, -0.1) is 0 Å². The summed E-state index contributed by atoms with van der Waals surface area (Å²) in [5, 5.41) is 0. The van der Waals surface area contributed by atoms with E-state index in [0.29, 0.717) is 12.2 Å². The van der Waals surface area contributed by atoms with E-state index in [2.05, 4.69) is 15.9 Å². The summed E-state index contributed by atoms with van der Waals surface area (Å²) in [6.07, 6.45) is 0. The molecule has 0 saturated carbocycles. The monoisotopic (exact) mass is 285 g/mol. The lowest BCUT2D eigenvalue weighted by molar-refractivity contribution is 0.0632. The van der Waals surface area contributed by atoms with Crippen LogP contribution in [0.2, 0.25) is 0 Å². The molecule has 0 heterocycles. The van der Waals surface area contributed by atoms with E-state index in [1.54, 1.807) is 19.1 Å². The Kier molecular flexibility index (Phi) is 4.96. The van der Waals surface area contributed by atoms with E-state index >= 15 is 0 Å². The molecule has 0 aliphatic carbocycles. The minimum absolute atomic E-state index is 0.00275. The summed E-state index contributed by atoms with van der Waals surface area (Å²) < 4.78 is 5.85. The number of methoxy groups -OCH3 is 1. The average Bonchev–Trinajstić information content (AvgIpc) is 2.28. The third-order valence-electron chi connectivity index (χ3n) is 2.49. The van der Waals surface area contributed by atoms with Gasteiger partial charge in [-0.25, -0.2) is 0 Å². The molecule has 0 aliphatic heterocycles. The van der Waals surface area contributed by atoms with Gasteiger partial charge in [0.25, 0.3) is 5.91 Å². The number of carbonyl (C=O) groups excluding carboxylic acids is 1. The molecule has 1 aromatic rings. The largest absolute Gasteiger partial charge is 0.383 e. The Morgan fingerprint density at radius 3 is 2.69 bits per heavy atom. The van der Waals surface area contributed by atoms with Crippen molar-refractivity contribution in [1.29, 1.82) is 0 Å². The molecule has 1 unspecified atom stereocenters. The second kappa shape index (κ2) is 6.01. The average molecular weight is 286 g/mol. The van der Waals surface area contributed by atoms with E-state index in [1.165, 1.54) is 0 Å². The summed E-state index contributed by atoms with van der Waals surface area (Å²) in [5.74, 6) is -0.00275. The molecule has 0 aromatic heterocycles. The van der Waals surface area contributed by atoms with Crippen LogP contribution in [-0.4, -0.2) is 37.6 Å². The van der Waals surface area contributed by atoms with Gasteiger partial charge in [-0.3, -0.25) is 4.79 Å². The first-order valence-corrected chi connectivity index (χ1v) is 5.87. The lowest BCUT2D eigenvalue weighted by Crippen LogP contribution is -2.37. The van der Waals surface area contributed by atoms with E-state index in [0.717, 1.165) is 4.47 Å². The topological polar surface area (TPSA) is 29.5 Å². The number of hydrogen-bond donors (Lipinski definition) is 0. The number of amides is 1. The molecule has 0 radical (unpaired) electrons. The minimum Gasteiger partial charge on any atom is -0.383 e. The summed E-state index contributed by atoms with van der Waals surface area (Å²) >= 11 is 3.37. The van der Waals surface area contributed by atoms with Crippen molar-refractivity contribution in [3.05, 3.63) is 34.3 Å². The Morgan fingerprint density at radius 1 is 1.50 bits per heavy atom.